The number of nitrogens with one attached hydrogen (secondary N) is 2. The highest BCUT2D eigenvalue weighted by molar-refractivity contribution is 7.11. The van der Waals surface area contributed by atoms with Crippen molar-refractivity contribution in [3.05, 3.63) is 21.9 Å². The molecule has 18 heavy (non-hydrogen) atoms. The molecule has 0 saturated heterocycles. The third-order valence-corrected chi connectivity index (χ3v) is 3.40. The molecule has 6 heteroatoms. The fourth-order valence-electron chi connectivity index (χ4n) is 1.50. The minimum absolute atomic E-state index is 0.419. The molecule has 0 radical (unpaired) electrons. The van der Waals surface area contributed by atoms with Crippen molar-refractivity contribution in [1.29, 1.82) is 0 Å². The Labute approximate surface area is 110 Å². The number of carboxylic acid groups (broad SMARTS) is 1. The predicted molar refractivity (Wildman–Crippen MR) is 70.8 cm³/mol. The first-order chi connectivity index (χ1) is 8.52. The largest absolute Gasteiger partial charge is 0.480 e. The van der Waals surface area contributed by atoms with Crippen molar-refractivity contribution in [3.63, 3.8) is 0 Å². The van der Waals surface area contributed by atoms with Gasteiger partial charge in [-0.15, -0.1) is 11.3 Å². The Kier molecular flexibility index (Phi) is 5.64. The molecule has 1 unspecified atom stereocenters. The average Bonchev–Trinajstić information content (AvgIpc) is 2.72. The highest BCUT2D eigenvalue weighted by Crippen LogP contribution is 2.14. The molecule has 1 aromatic rings. The molecule has 2 amide bonds. The molecule has 0 aliphatic carbocycles. The van der Waals surface area contributed by atoms with Crippen LogP contribution in [0.15, 0.2) is 12.1 Å². The minimum atomic E-state index is -1.00. The number of hydrogen-bond acceptors (Lipinski definition) is 3. The van der Waals surface area contributed by atoms with Crippen LogP contribution in [0.25, 0.3) is 0 Å². The summed E-state index contributed by atoms with van der Waals surface area (Å²) in [6.07, 6.45) is 1.14. The van der Waals surface area contributed by atoms with Gasteiger partial charge in [-0.25, -0.2) is 9.59 Å². The van der Waals surface area contributed by atoms with Gasteiger partial charge in [0, 0.05) is 9.75 Å². The first-order valence-electron chi connectivity index (χ1n) is 5.85. The summed E-state index contributed by atoms with van der Waals surface area (Å²) < 4.78 is 0. The van der Waals surface area contributed by atoms with Crippen molar-refractivity contribution >= 4 is 23.3 Å². The lowest BCUT2D eigenvalue weighted by molar-refractivity contribution is -0.139. The van der Waals surface area contributed by atoms with Crippen molar-refractivity contribution in [2.75, 3.05) is 0 Å². The first-order valence-corrected chi connectivity index (χ1v) is 6.67. The van der Waals surface area contributed by atoms with Gasteiger partial charge in [0.25, 0.3) is 0 Å². The van der Waals surface area contributed by atoms with E-state index in [9.17, 15) is 9.59 Å². The molecule has 0 spiro atoms. The summed E-state index contributed by atoms with van der Waals surface area (Å²) in [5.41, 5.74) is 0. The number of amides is 2. The smallest absolute Gasteiger partial charge is 0.326 e. The molecule has 1 atom stereocenters. The number of aliphatic carboxylic acids is 1. The molecule has 1 heterocycles. The van der Waals surface area contributed by atoms with Gasteiger partial charge < -0.3 is 15.7 Å². The molecule has 1 rings (SSSR count). The summed E-state index contributed by atoms with van der Waals surface area (Å²) >= 11 is 1.61. The van der Waals surface area contributed by atoms with Gasteiger partial charge in [-0.05, 0) is 25.5 Å². The normalized spacial score (nSPS) is 11.9. The number of carbonyl (C=O) groups excluding carboxylic acids is 1. The van der Waals surface area contributed by atoms with Crippen molar-refractivity contribution in [2.24, 2.45) is 0 Å². The number of rotatable bonds is 6. The predicted octanol–water partition coefficient (Wildman–Crippen LogP) is 2.11. The number of carboxylic acids is 1. The van der Waals surface area contributed by atoms with Crippen LogP contribution in [0.3, 0.4) is 0 Å². The van der Waals surface area contributed by atoms with Gasteiger partial charge in [0.2, 0.25) is 0 Å². The van der Waals surface area contributed by atoms with Gasteiger partial charge in [-0.3, -0.25) is 0 Å². The van der Waals surface area contributed by atoms with Crippen LogP contribution >= 0.6 is 11.3 Å². The van der Waals surface area contributed by atoms with Crippen LogP contribution in [0.2, 0.25) is 0 Å². The first kappa shape index (κ1) is 14.5. The number of aryl methyl sites for hydroxylation is 1. The maximum absolute atomic E-state index is 11.5. The Hall–Kier alpha value is -1.56. The van der Waals surface area contributed by atoms with E-state index in [2.05, 4.69) is 10.6 Å². The van der Waals surface area contributed by atoms with Gasteiger partial charge in [0.15, 0.2) is 0 Å². The van der Waals surface area contributed by atoms with Crippen LogP contribution < -0.4 is 10.6 Å². The molecule has 100 valence electrons. The maximum atomic E-state index is 11.5. The minimum Gasteiger partial charge on any atom is -0.480 e. The molecular weight excluding hydrogens is 252 g/mol. The Bertz CT molecular complexity index is 417. The van der Waals surface area contributed by atoms with E-state index in [-0.39, 0.29) is 0 Å². The Morgan fingerprint density at radius 2 is 2.17 bits per heavy atom. The van der Waals surface area contributed by atoms with E-state index in [1.54, 1.807) is 11.3 Å². The van der Waals surface area contributed by atoms with Crippen molar-refractivity contribution in [3.8, 4) is 0 Å². The average molecular weight is 270 g/mol. The van der Waals surface area contributed by atoms with E-state index in [0.717, 1.165) is 4.88 Å². The molecule has 1 aromatic heterocycles. The van der Waals surface area contributed by atoms with E-state index in [4.69, 9.17) is 5.11 Å². The highest BCUT2D eigenvalue weighted by Gasteiger charge is 2.18. The summed E-state index contributed by atoms with van der Waals surface area (Å²) in [4.78, 5) is 24.6. The lowest BCUT2D eigenvalue weighted by Crippen LogP contribution is -2.45. The Balaban J connectivity index is 2.38. The zero-order chi connectivity index (χ0) is 13.5. The van der Waals surface area contributed by atoms with E-state index < -0.39 is 18.0 Å². The summed E-state index contributed by atoms with van der Waals surface area (Å²) in [7, 11) is 0. The van der Waals surface area contributed by atoms with Crippen LogP contribution in [0.5, 0.6) is 0 Å². The van der Waals surface area contributed by atoms with E-state index in [1.165, 1.54) is 4.88 Å². The quantitative estimate of drug-likeness (QED) is 0.740. The third kappa shape index (κ3) is 4.75. The molecule has 5 nitrogen and oxygen atoms in total. The number of carbonyl (C=O) groups is 2. The second-order valence-corrected chi connectivity index (χ2v) is 5.39. The maximum Gasteiger partial charge on any atom is 0.326 e. The summed E-state index contributed by atoms with van der Waals surface area (Å²) in [5.74, 6) is -1.00. The van der Waals surface area contributed by atoms with Gasteiger partial charge in [-0.2, -0.15) is 0 Å². The zero-order valence-electron chi connectivity index (χ0n) is 10.5. The molecule has 3 N–H and O–H groups in total. The van der Waals surface area contributed by atoms with Gasteiger partial charge in [-0.1, -0.05) is 13.3 Å². The fourth-order valence-corrected chi connectivity index (χ4v) is 2.33. The van der Waals surface area contributed by atoms with Crippen LogP contribution in [-0.2, 0) is 11.3 Å². The topological polar surface area (TPSA) is 78.4 Å². The van der Waals surface area contributed by atoms with Crippen LogP contribution in [0, 0.1) is 6.92 Å². The standard InChI is InChI=1S/C12H18N2O3S/c1-3-4-10(11(15)16)14-12(17)13-7-9-6-5-8(2)18-9/h5-6,10H,3-4,7H2,1-2H3,(H,15,16)(H2,13,14,17). The number of urea groups is 1. The lowest BCUT2D eigenvalue weighted by atomic mass is 10.2. The summed E-state index contributed by atoms with van der Waals surface area (Å²) in [6.45, 7) is 4.29. The lowest BCUT2D eigenvalue weighted by Gasteiger charge is -2.13. The van der Waals surface area contributed by atoms with Gasteiger partial charge in [0.1, 0.15) is 6.04 Å². The molecule has 0 fully saturated rings. The molecule has 0 aliphatic rings. The zero-order valence-corrected chi connectivity index (χ0v) is 11.3. The SMILES string of the molecule is CCCC(NC(=O)NCc1ccc(C)s1)C(=O)O. The monoisotopic (exact) mass is 270 g/mol. The fraction of sp³-hybridized carbons (Fsp3) is 0.500. The molecular formula is C12H18N2O3S. The Morgan fingerprint density at radius 1 is 1.44 bits per heavy atom. The second-order valence-electron chi connectivity index (χ2n) is 4.02. The van der Waals surface area contributed by atoms with E-state index in [1.807, 2.05) is 26.0 Å². The summed E-state index contributed by atoms with van der Waals surface area (Å²) in [5, 5.41) is 14.0. The summed E-state index contributed by atoms with van der Waals surface area (Å²) in [6, 6.07) is 2.67. The van der Waals surface area contributed by atoms with Crippen LogP contribution in [-0.4, -0.2) is 23.1 Å². The molecule has 0 saturated carbocycles. The molecule has 0 aliphatic heterocycles. The van der Waals surface area contributed by atoms with Gasteiger partial charge >= 0.3 is 12.0 Å². The van der Waals surface area contributed by atoms with Crippen LogP contribution in [0.4, 0.5) is 4.79 Å². The third-order valence-electron chi connectivity index (χ3n) is 2.40. The Morgan fingerprint density at radius 3 is 2.67 bits per heavy atom. The number of hydrogen-bond donors (Lipinski definition) is 3. The van der Waals surface area contributed by atoms with Crippen molar-refractivity contribution in [1.82, 2.24) is 10.6 Å². The second kappa shape index (κ2) is 7.00. The highest BCUT2D eigenvalue weighted by atomic mass is 32.1. The molecule has 0 bridgehead atoms. The number of thiophene rings is 1. The van der Waals surface area contributed by atoms with Gasteiger partial charge in [0.05, 0.1) is 6.54 Å². The van der Waals surface area contributed by atoms with Crippen molar-refractivity contribution in [2.45, 2.75) is 39.3 Å². The van der Waals surface area contributed by atoms with Crippen molar-refractivity contribution < 1.29 is 14.7 Å². The van der Waals surface area contributed by atoms with E-state index >= 15 is 0 Å². The van der Waals surface area contributed by atoms with E-state index in [0.29, 0.717) is 19.4 Å². The van der Waals surface area contributed by atoms with Crippen LogP contribution in [0.1, 0.15) is 29.5 Å². The molecule has 0 aromatic carbocycles.